The van der Waals surface area contributed by atoms with E-state index in [1.165, 1.54) is 32.1 Å². The predicted molar refractivity (Wildman–Crippen MR) is 123 cm³/mol. The van der Waals surface area contributed by atoms with Gasteiger partial charge in [-0.3, -0.25) is 0 Å². The van der Waals surface area contributed by atoms with Crippen LogP contribution >= 0.6 is 0 Å². The lowest BCUT2D eigenvalue weighted by Gasteiger charge is -2.34. The average Bonchev–Trinajstić information content (AvgIpc) is 2.77. The second-order valence-electron chi connectivity index (χ2n) is 7.97. The molecule has 2 aromatic carbocycles. The van der Waals surface area contributed by atoms with Crippen molar-refractivity contribution in [2.75, 3.05) is 6.61 Å². The van der Waals surface area contributed by atoms with Crippen molar-refractivity contribution in [1.82, 2.24) is 0 Å². The van der Waals surface area contributed by atoms with E-state index in [4.69, 9.17) is 8.85 Å². The first-order chi connectivity index (χ1) is 14.9. The van der Waals surface area contributed by atoms with Gasteiger partial charge in [0, 0.05) is 6.61 Å². The minimum Gasteiger partial charge on any atom is -0.388 e. The van der Waals surface area contributed by atoms with Crippen molar-refractivity contribution in [3.63, 3.8) is 0 Å². The molecule has 1 atom stereocenters. The van der Waals surface area contributed by atoms with Gasteiger partial charge in [0.25, 0.3) is 0 Å². The summed E-state index contributed by atoms with van der Waals surface area (Å²) in [5.41, 5.74) is 0. The maximum absolute atomic E-state index is 13.5. The fourth-order valence-corrected chi connectivity index (χ4v) is 6.92. The van der Waals surface area contributed by atoms with Gasteiger partial charge in [0.15, 0.2) is 0 Å². The van der Waals surface area contributed by atoms with E-state index in [1.54, 1.807) is 0 Å². The molecule has 2 nitrogen and oxygen atoms in total. The van der Waals surface area contributed by atoms with Crippen LogP contribution in [-0.2, 0) is 8.85 Å². The lowest BCUT2D eigenvalue weighted by atomic mass is 10.1. The normalized spacial score (nSPS) is 13.3. The van der Waals surface area contributed by atoms with Crippen molar-refractivity contribution < 1.29 is 22.0 Å². The fourth-order valence-electron chi connectivity index (χ4n) is 3.59. The van der Waals surface area contributed by atoms with Crippen LogP contribution in [0.4, 0.5) is 13.2 Å². The molecule has 2 rings (SSSR count). The van der Waals surface area contributed by atoms with Crippen molar-refractivity contribution in [3.8, 4) is 0 Å². The van der Waals surface area contributed by atoms with E-state index in [1.807, 2.05) is 60.7 Å². The zero-order valence-corrected chi connectivity index (χ0v) is 19.7. The van der Waals surface area contributed by atoms with E-state index in [-0.39, 0.29) is 0 Å². The molecule has 0 saturated carbocycles. The second kappa shape index (κ2) is 13.0. The van der Waals surface area contributed by atoms with Crippen LogP contribution < -0.4 is 10.4 Å². The summed E-state index contributed by atoms with van der Waals surface area (Å²) >= 11 is 0. The number of rotatable bonds is 14. The Labute approximate surface area is 186 Å². The maximum atomic E-state index is 13.5. The monoisotopic (exact) mass is 452 g/mol. The Kier molecular flexibility index (Phi) is 10.8. The average molecular weight is 453 g/mol. The van der Waals surface area contributed by atoms with Gasteiger partial charge in [0.1, 0.15) is 6.10 Å². The van der Waals surface area contributed by atoms with Gasteiger partial charge in [-0.05, 0) is 23.7 Å². The van der Waals surface area contributed by atoms with Crippen molar-refractivity contribution in [2.24, 2.45) is 0 Å². The molecule has 2 aromatic rings. The summed E-state index contributed by atoms with van der Waals surface area (Å²) in [6.07, 6.45) is 2.79. The summed E-state index contributed by atoms with van der Waals surface area (Å²) in [5, 5.41) is 1.38. The van der Waals surface area contributed by atoms with Crippen molar-refractivity contribution in [2.45, 2.75) is 77.5 Å². The van der Waals surface area contributed by atoms with Crippen molar-refractivity contribution in [1.29, 1.82) is 0 Å². The minimum atomic E-state index is -4.45. The fraction of sp³-hybridized carbons (Fsp3) is 0.520. The van der Waals surface area contributed by atoms with E-state index >= 15 is 0 Å². The molecule has 0 amide bonds. The van der Waals surface area contributed by atoms with Gasteiger partial charge in [-0.1, -0.05) is 113 Å². The number of hydrogen-bond donors (Lipinski definition) is 0. The van der Waals surface area contributed by atoms with E-state index in [9.17, 15) is 13.2 Å². The Morgan fingerprint density at radius 1 is 0.742 bits per heavy atom. The molecule has 1 unspecified atom stereocenters. The summed E-state index contributed by atoms with van der Waals surface area (Å²) < 4.78 is 52.6. The van der Waals surface area contributed by atoms with Crippen LogP contribution in [0.1, 0.15) is 65.2 Å². The summed E-state index contributed by atoms with van der Waals surface area (Å²) in [6, 6.07) is 18.2. The Balaban J connectivity index is 2.15. The largest absolute Gasteiger partial charge is 0.413 e. The van der Waals surface area contributed by atoms with E-state index in [0.29, 0.717) is 17.0 Å². The summed E-state index contributed by atoms with van der Waals surface area (Å²) in [5.74, 6) is 0. The molecule has 0 radical (unpaired) electrons. The molecule has 0 aliphatic heterocycles. The molecular formula is C25H35F3O2Si. The van der Waals surface area contributed by atoms with Gasteiger partial charge in [-0.15, -0.1) is 0 Å². The van der Waals surface area contributed by atoms with Gasteiger partial charge in [0.2, 0.25) is 0 Å². The molecular weight excluding hydrogens is 417 g/mol. The molecule has 172 valence electrons. The molecule has 0 aliphatic carbocycles. The van der Waals surface area contributed by atoms with Crippen LogP contribution in [0.15, 0.2) is 60.7 Å². The van der Waals surface area contributed by atoms with Crippen LogP contribution in [0.2, 0.25) is 0 Å². The van der Waals surface area contributed by atoms with Crippen LogP contribution in [0.5, 0.6) is 0 Å². The van der Waals surface area contributed by atoms with Crippen molar-refractivity contribution in [3.05, 3.63) is 60.7 Å². The third-order valence-corrected chi connectivity index (χ3v) is 8.90. The zero-order chi connectivity index (χ0) is 22.6. The Morgan fingerprint density at radius 2 is 1.19 bits per heavy atom. The van der Waals surface area contributed by atoms with Crippen LogP contribution in [0, 0.1) is 0 Å². The molecule has 0 aliphatic rings. The number of alkyl halides is 3. The summed E-state index contributed by atoms with van der Waals surface area (Å²) in [4.78, 5) is 0. The first-order valence-electron chi connectivity index (χ1n) is 11.4. The van der Waals surface area contributed by atoms with E-state index < -0.39 is 20.8 Å². The lowest BCUT2D eigenvalue weighted by molar-refractivity contribution is -0.194. The third kappa shape index (κ3) is 8.09. The molecule has 0 spiro atoms. The van der Waals surface area contributed by atoms with Gasteiger partial charge in [-0.25, -0.2) is 0 Å². The Hall–Kier alpha value is -1.63. The highest BCUT2D eigenvalue weighted by Crippen LogP contribution is 2.26. The summed E-state index contributed by atoms with van der Waals surface area (Å²) in [6.45, 7) is 3.65. The maximum Gasteiger partial charge on any atom is 0.413 e. The molecule has 0 fully saturated rings. The third-order valence-electron chi connectivity index (χ3n) is 5.41. The van der Waals surface area contributed by atoms with Crippen molar-refractivity contribution >= 4 is 18.9 Å². The first kappa shape index (κ1) is 25.6. The van der Waals surface area contributed by atoms with E-state index in [2.05, 4.69) is 6.92 Å². The van der Waals surface area contributed by atoms with Gasteiger partial charge < -0.3 is 8.85 Å². The number of halogens is 3. The molecule has 31 heavy (non-hydrogen) atoms. The highest BCUT2D eigenvalue weighted by Gasteiger charge is 2.49. The highest BCUT2D eigenvalue weighted by molar-refractivity contribution is 6.92. The predicted octanol–water partition coefficient (Wildman–Crippen LogP) is 6.37. The number of benzene rings is 2. The summed E-state index contributed by atoms with van der Waals surface area (Å²) in [7, 11) is -3.53. The van der Waals surface area contributed by atoms with Crippen LogP contribution in [0.3, 0.4) is 0 Å². The molecule has 0 bridgehead atoms. The quantitative estimate of drug-likeness (QED) is 0.245. The smallest absolute Gasteiger partial charge is 0.388 e. The zero-order valence-electron chi connectivity index (χ0n) is 18.7. The second-order valence-corrected chi connectivity index (χ2v) is 10.9. The minimum absolute atomic E-state index is 0.384. The number of hydrogen-bond acceptors (Lipinski definition) is 2. The molecule has 0 aromatic heterocycles. The standard InChI is InChI=1S/C25H35F3O2Si/c1-3-4-5-6-7-8-9-16-21-29-31(23-17-12-10-13-18-23,24-19-14-11-15-20-24)30-22(2)25(26,27)28/h10-15,17-20,22H,3-9,16,21H2,1-2H3. The Bertz CT molecular complexity index is 683. The first-order valence-corrected chi connectivity index (χ1v) is 13.2. The Morgan fingerprint density at radius 3 is 1.65 bits per heavy atom. The number of unbranched alkanes of at least 4 members (excludes halogenated alkanes) is 7. The van der Waals surface area contributed by atoms with E-state index in [0.717, 1.165) is 26.2 Å². The van der Waals surface area contributed by atoms with Gasteiger partial charge >= 0.3 is 14.7 Å². The highest BCUT2D eigenvalue weighted by atomic mass is 28.4. The molecule has 0 N–H and O–H groups in total. The SMILES string of the molecule is CCCCCCCCCCO[Si](OC(C)C(F)(F)F)(c1ccccc1)c1ccccc1. The van der Waals surface area contributed by atoms with Crippen LogP contribution in [-0.4, -0.2) is 27.4 Å². The topological polar surface area (TPSA) is 18.5 Å². The molecule has 0 saturated heterocycles. The van der Waals surface area contributed by atoms with Gasteiger partial charge in [-0.2, -0.15) is 13.2 Å². The van der Waals surface area contributed by atoms with Gasteiger partial charge in [0.05, 0.1) is 0 Å². The molecule has 6 heteroatoms. The molecule has 0 heterocycles. The van der Waals surface area contributed by atoms with Crippen LogP contribution in [0.25, 0.3) is 0 Å². The lowest BCUT2D eigenvalue weighted by Crippen LogP contribution is -2.65.